The zero-order chi connectivity index (χ0) is 19.4. The third-order valence-electron chi connectivity index (χ3n) is 4.38. The maximum Gasteiger partial charge on any atom is 0.161 e. The number of allylic oxidation sites excluding steroid dienone is 1. The molecule has 5 nitrogen and oxygen atoms in total. The summed E-state index contributed by atoms with van der Waals surface area (Å²) in [6.07, 6.45) is 2.64. The lowest BCUT2D eigenvalue weighted by molar-refractivity contribution is 0.0644. The number of methoxy groups -OCH3 is 1. The Morgan fingerprint density at radius 2 is 1.96 bits per heavy atom. The van der Waals surface area contributed by atoms with Gasteiger partial charge in [0.2, 0.25) is 0 Å². The Labute approximate surface area is 159 Å². The molecule has 1 N–H and O–H groups in total. The summed E-state index contributed by atoms with van der Waals surface area (Å²) in [5.41, 5.74) is 1.93. The molecule has 3 aromatic rings. The highest BCUT2D eigenvalue weighted by Gasteiger charge is 2.24. The van der Waals surface area contributed by atoms with Gasteiger partial charge in [0.15, 0.2) is 11.5 Å². The standard InChI is InChI=1S/C22H26N2O3/c1-5-8-16-11-12-19(20(15-16)26-4)27-14-13-24-18-10-7-6-9-17(18)23-21(24)22(2,3)25/h5-7,9-12,15,25H,1,8,13-14H2,2-4H3. The van der Waals surface area contributed by atoms with Gasteiger partial charge in [0.1, 0.15) is 18.0 Å². The van der Waals surface area contributed by atoms with Gasteiger partial charge in [-0.25, -0.2) is 4.98 Å². The Bertz CT molecular complexity index is 938. The molecule has 0 atom stereocenters. The Morgan fingerprint density at radius 3 is 2.67 bits per heavy atom. The molecular weight excluding hydrogens is 340 g/mol. The van der Waals surface area contributed by atoms with Crippen molar-refractivity contribution in [3.63, 3.8) is 0 Å². The second kappa shape index (κ2) is 7.84. The van der Waals surface area contributed by atoms with Crippen LogP contribution < -0.4 is 9.47 Å². The molecule has 0 aliphatic heterocycles. The van der Waals surface area contributed by atoms with Gasteiger partial charge >= 0.3 is 0 Å². The van der Waals surface area contributed by atoms with E-state index in [0.29, 0.717) is 30.5 Å². The van der Waals surface area contributed by atoms with Gasteiger partial charge in [-0.15, -0.1) is 6.58 Å². The molecule has 0 fully saturated rings. The van der Waals surface area contributed by atoms with Crippen LogP contribution in [0.5, 0.6) is 11.5 Å². The van der Waals surface area contributed by atoms with E-state index in [2.05, 4.69) is 11.6 Å². The topological polar surface area (TPSA) is 56.5 Å². The Kier molecular flexibility index (Phi) is 5.51. The van der Waals surface area contributed by atoms with Crippen molar-refractivity contribution in [2.24, 2.45) is 0 Å². The number of aliphatic hydroxyl groups is 1. The van der Waals surface area contributed by atoms with Gasteiger partial charge in [-0.05, 0) is 50.1 Å². The molecule has 0 bridgehead atoms. The van der Waals surface area contributed by atoms with E-state index >= 15 is 0 Å². The van der Waals surface area contributed by atoms with Gasteiger partial charge in [0.25, 0.3) is 0 Å². The van der Waals surface area contributed by atoms with Crippen molar-refractivity contribution in [3.8, 4) is 11.5 Å². The van der Waals surface area contributed by atoms with Crippen molar-refractivity contribution in [2.45, 2.75) is 32.4 Å². The summed E-state index contributed by atoms with van der Waals surface area (Å²) in [5, 5.41) is 10.5. The SMILES string of the molecule is C=CCc1ccc(OCCn2c(C(C)(C)O)nc3ccccc32)c(OC)c1. The molecule has 0 amide bonds. The van der Waals surface area contributed by atoms with E-state index in [1.807, 2.05) is 53.1 Å². The van der Waals surface area contributed by atoms with Crippen molar-refractivity contribution in [2.75, 3.05) is 13.7 Å². The van der Waals surface area contributed by atoms with E-state index < -0.39 is 5.60 Å². The maximum absolute atomic E-state index is 10.5. The first-order chi connectivity index (χ1) is 12.9. The summed E-state index contributed by atoms with van der Waals surface area (Å²) in [7, 11) is 1.63. The molecule has 3 rings (SSSR count). The summed E-state index contributed by atoms with van der Waals surface area (Å²) in [5.74, 6) is 2.02. The lowest BCUT2D eigenvalue weighted by Crippen LogP contribution is -2.23. The van der Waals surface area contributed by atoms with Crippen LogP contribution in [0.15, 0.2) is 55.1 Å². The van der Waals surface area contributed by atoms with Crippen molar-refractivity contribution in [3.05, 3.63) is 66.5 Å². The van der Waals surface area contributed by atoms with Gasteiger partial charge in [0, 0.05) is 0 Å². The molecule has 27 heavy (non-hydrogen) atoms. The molecule has 0 saturated heterocycles. The third-order valence-corrected chi connectivity index (χ3v) is 4.38. The van der Waals surface area contributed by atoms with E-state index in [0.717, 1.165) is 23.0 Å². The third kappa shape index (κ3) is 4.14. The van der Waals surface area contributed by atoms with Gasteiger partial charge in [0.05, 0.1) is 24.7 Å². The quantitative estimate of drug-likeness (QED) is 0.610. The number of para-hydroxylation sites is 2. The fourth-order valence-electron chi connectivity index (χ4n) is 3.14. The fourth-order valence-corrected chi connectivity index (χ4v) is 3.14. The molecule has 2 aromatic carbocycles. The summed E-state index contributed by atoms with van der Waals surface area (Å²) in [4.78, 5) is 4.60. The predicted molar refractivity (Wildman–Crippen MR) is 107 cm³/mol. The van der Waals surface area contributed by atoms with Crippen molar-refractivity contribution >= 4 is 11.0 Å². The minimum Gasteiger partial charge on any atom is -0.493 e. The lowest BCUT2D eigenvalue weighted by Gasteiger charge is -2.19. The van der Waals surface area contributed by atoms with Crippen LogP contribution >= 0.6 is 0 Å². The molecule has 0 saturated carbocycles. The molecule has 0 unspecified atom stereocenters. The zero-order valence-electron chi connectivity index (χ0n) is 16.1. The molecule has 142 valence electrons. The average molecular weight is 366 g/mol. The largest absolute Gasteiger partial charge is 0.493 e. The number of fused-ring (bicyclic) bond motifs is 1. The highest BCUT2D eigenvalue weighted by Crippen LogP contribution is 2.29. The average Bonchev–Trinajstić information content (AvgIpc) is 3.02. The van der Waals surface area contributed by atoms with Gasteiger partial charge in [-0.1, -0.05) is 24.3 Å². The molecule has 1 heterocycles. The van der Waals surface area contributed by atoms with Gasteiger partial charge < -0.3 is 19.1 Å². The second-order valence-electron chi connectivity index (χ2n) is 6.96. The zero-order valence-corrected chi connectivity index (χ0v) is 16.1. The first-order valence-electron chi connectivity index (χ1n) is 9.02. The smallest absolute Gasteiger partial charge is 0.161 e. The molecule has 5 heteroatoms. The van der Waals surface area contributed by atoms with Gasteiger partial charge in [-0.2, -0.15) is 0 Å². The van der Waals surface area contributed by atoms with Crippen molar-refractivity contribution in [1.29, 1.82) is 0 Å². The van der Waals surface area contributed by atoms with Crippen LogP contribution in [0.4, 0.5) is 0 Å². The Hall–Kier alpha value is -2.79. The van der Waals surface area contributed by atoms with Crippen LogP contribution in [-0.4, -0.2) is 28.4 Å². The number of benzene rings is 2. The maximum atomic E-state index is 10.5. The number of aromatic nitrogens is 2. The minimum atomic E-state index is -1.04. The van der Waals surface area contributed by atoms with Crippen LogP contribution in [0.25, 0.3) is 11.0 Å². The minimum absolute atomic E-state index is 0.431. The number of hydrogen-bond acceptors (Lipinski definition) is 4. The molecule has 0 aliphatic rings. The monoisotopic (exact) mass is 366 g/mol. The van der Waals surface area contributed by atoms with Crippen LogP contribution in [-0.2, 0) is 18.6 Å². The summed E-state index contributed by atoms with van der Waals surface area (Å²) in [6, 6.07) is 13.8. The summed E-state index contributed by atoms with van der Waals surface area (Å²) >= 11 is 0. The number of nitrogens with zero attached hydrogens (tertiary/aromatic N) is 2. The number of imidazole rings is 1. The first kappa shape index (κ1) is 19.0. The predicted octanol–water partition coefficient (Wildman–Crippen LogP) is 4.08. The van der Waals surface area contributed by atoms with Crippen molar-refractivity contribution < 1.29 is 14.6 Å². The molecule has 0 aliphatic carbocycles. The summed E-state index contributed by atoms with van der Waals surface area (Å²) in [6.45, 7) is 8.25. The van der Waals surface area contributed by atoms with Crippen LogP contribution in [0.1, 0.15) is 25.2 Å². The van der Waals surface area contributed by atoms with E-state index in [1.54, 1.807) is 21.0 Å². The highest BCUT2D eigenvalue weighted by molar-refractivity contribution is 5.76. The number of ether oxygens (including phenoxy) is 2. The number of hydrogen-bond donors (Lipinski definition) is 1. The first-order valence-corrected chi connectivity index (χ1v) is 9.02. The van der Waals surface area contributed by atoms with E-state index in [9.17, 15) is 5.11 Å². The van der Waals surface area contributed by atoms with Crippen LogP contribution in [0, 0.1) is 0 Å². The number of rotatable bonds is 8. The molecule has 1 aromatic heterocycles. The molecule has 0 spiro atoms. The van der Waals surface area contributed by atoms with Crippen LogP contribution in [0.3, 0.4) is 0 Å². The van der Waals surface area contributed by atoms with Crippen molar-refractivity contribution in [1.82, 2.24) is 9.55 Å². The molecular formula is C22H26N2O3. The Morgan fingerprint density at radius 1 is 1.19 bits per heavy atom. The summed E-state index contributed by atoms with van der Waals surface area (Å²) < 4.78 is 13.4. The van der Waals surface area contributed by atoms with E-state index in [1.165, 1.54) is 0 Å². The van der Waals surface area contributed by atoms with Crippen LogP contribution in [0.2, 0.25) is 0 Å². The fraction of sp³-hybridized carbons (Fsp3) is 0.318. The van der Waals surface area contributed by atoms with E-state index in [4.69, 9.17) is 9.47 Å². The highest BCUT2D eigenvalue weighted by atomic mass is 16.5. The second-order valence-corrected chi connectivity index (χ2v) is 6.96. The van der Waals surface area contributed by atoms with Gasteiger partial charge in [-0.3, -0.25) is 0 Å². The molecule has 0 radical (unpaired) electrons. The normalized spacial score (nSPS) is 11.6. The Balaban J connectivity index is 1.81. The van der Waals surface area contributed by atoms with E-state index in [-0.39, 0.29) is 0 Å². The lowest BCUT2D eigenvalue weighted by atomic mass is 10.1.